The van der Waals surface area contributed by atoms with Gasteiger partial charge in [-0.2, -0.15) is 0 Å². The summed E-state index contributed by atoms with van der Waals surface area (Å²) in [6.45, 7) is 12.3. The third-order valence-corrected chi connectivity index (χ3v) is 12.2. The Morgan fingerprint density at radius 1 is 0.900 bits per heavy atom. The lowest BCUT2D eigenvalue weighted by atomic mass is 9.43. The summed E-state index contributed by atoms with van der Waals surface area (Å²) in [6.07, 6.45) is 11.3. The highest BCUT2D eigenvalue weighted by Gasteiger charge is 2.66. The van der Waals surface area contributed by atoms with Crippen LogP contribution in [0.2, 0.25) is 0 Å². The molecule has 0 heterocycles. The van der Waals surface area contributed by atoms with Crippen LogP contribution >= 0.6 is 0 Å². The topological polar surface area (TPSA) is 129 Å². The van der Waals surface area contributed by atoms with Crippen LogP contribution in [0, 0.1) is 46.3 Å². The van der Waals surface area contributed by atoms with Crippen molar-refractivity contribution in [2.75, 3.05) is 59.8 Å². The van der Waals surface area contributed by atoms with Gasteiger partial charge in [0.25, 0.3) is 0 Å². The molecule has 7 N–H and O–H groups in total. The molecule has 0 spiro atoms. The van der Waals surface area contributed by atoms with Gasteiger partial charge >= 0.3 is 0 Å². The van der Waals surface area contributed by atoms with Crippen LogP contribution in [0.5, 0.6) is 0 Å². The van der Waals surface area contributed by atoms with Crippen molar-refractivity contribution in [1.29, 1.82) is 0 Å². The third-order valence-electron chi connectivity index (χ3n) is 12.2. The third kappa shape index (κ3) is 6.45. The Hall–Kier alpha value is -0.320. The van der Waals surface area contributed by atoms with Crippen molar-refractivity contribution in [2.24, 2.45) is 63.5 Å². The number of fused-ring (bicyclic) bond motifs is 5. The standard InChI is InChI=1S/C32H62N4O4/c1-22(6-5-14-36(4)21-37)25-7-8-26-30-27(20-29(32(25,26)3)40-17-13-35)31(2)10-9-24(38-15-11-33)18-23(31)19-28(30)39-16-12-34/h22-30,37H,5-21,33-35H2,1-4H3/t22-,23?,24+,25?,26+,27+,28-,29+,30?,31+,32-/m1/s1. The number of aliphatic hydroxyl groups is 1. The molecule has 8 heteroatoms. The van der Waals surface area contributed by atoms with Gasteiger partial charge < -0.3 is 36.5 Å². The summed E-state index contributed by atoms with van der Waals surface area (Å²) in [4.78, 5) is 2.00. The van der Waals surface area contributed by atoms with Crippen LogP contribution in [-0.2, 0) is 14.2 Å². The molecule has 0 radical (unpaired) electrons. The molecule has 0 aromatic heterocycles. The molecule has 4 fully saturated rings. The summed E-state index contributed by atoms with van der Waals surface area (Å²) in [5.41, 5.74) is 18.2. The molecule has 4 saturated carbocycles. The van der Waals surface area contributed by atoms with Crippen LogP contribution < -0.4 is 17.2 Å². The van der Waals surface area contributed by atoms with Gasteiger partial charge in [-0.1, -0.05) is 20.8 Å². The maximum Gasteiger partial charge on any atom is 0.0954 e. The molecule has 234 valence electrons. The monoisotopic (exact) mass is 566 g/mol. The van der Waals surface area contributed by atoms with E-state index in [0.29, 0.717) is 81.1 Å². The van der Waals surface area contributed by atoms with Crippen molar-refractivity contribution in [3.63, 3.8) is 0 Å². The van der Waals surface area contributed by atoms with E-state index >= 15 is 0 Å². The summed E-state index contributed by atoms with van der Waals surface area (Å²) >= 11 is 0. The van der Waals surface area contributed by atoms with Gasteiger partial charge in [0.05, 0.1) is 44.9 Å². The fourth-order valence-electron chi connectivity index (χ4n) is 10.3. The Kier molecular flexibility index (Phi) is 11.8. The number of nitrogens with zero attached hydrogens (tertiary/aromatic N) is 1. The highest BCUT2D eigenvalue weighted by molar-refractivity contribution is 5.15. The number of hydrogen-bond acceptors (Lipinski definition) is 8. The molecule has 11 atom stereocenters. The first-order valence-corrected chi connectivity index (χ1v) is 16.5. The number of nitrogens with two attached hydrogens (primary N) is 3. The summed E-state index contributed by atoms with van der Waals surface area (Å²) in [7, 11) is 1.99. The summed E-state index contributed by atoms with van der Waals surface area (Å²) in [5, 5.41) is 9.44. The van der Waals surface area contributed by atoms with E-state index in [9.17, 15) is 5.11 Å². The van der Waals surface area contributed by atoms with Gasteiger partial charge in [0, 0.05) is 25.0 Å². The highest BCUT2D eigenvalue weighted by Crippen LogP contribution is 2.69. The minimum absolute atomic E-state index is 0.119. The normalized spacial score (nSPS) is 41.9. The highest BCUT2D eigenvalue weighted by atomic mass is 16.5. The average Bonchev–Trinajstić information content (AvgIpc) is 3.31. The van der Waals surface area contributed by atoms with Crippen molar-refractivity contribution in [3.05, 3.63) is 0 Å². The number of ether oxygens (including phenoxy) is 3. The van der Waals surface area contributed by atoms with E-state index in [1.54, 1.807) is 0 Å². The van der Waals surface area contributed by atoms with Gasteiger partial charge in [0.2, 0.25) is 0 Å². The number of hydrogen-bond donors (Lipinski definition) is 4. The molecule has 0 aromatic carbocycles. The van der Waals surface area contributed by atoms with Gasteiger partial charge in [0.1, 0.15) is 0 Å². The van der Waals surface area contributed by atoms with Crippen molar-refractivity contribution in [3.8, 4) is 0 Å². The fraction of sp³-hybridized carbons (Fsp3) is 1.00. The van der Waals surface area contributed by atoms with Gasteiger partial charge in [-0.3, -0.25) is 4.90 Å². The van der Waals surface area contributed by atoms with Crippen LogP contribution in [-0.4, -0.2) is 88.1 Å². The Balaban J connectivity index is 1.61. The molecule has 40 heavy (non-hydrogen) atoms. The van der Waals surface area contributed by atoms with Crippen LogP contribution in [0.25, 0.3) is 0 Å². The quantitative estimate of drug-likeness (QED) is 0.223. The smallest absolute Gasteiger partial charge is 0.0954 e. The second-order valence-corrected chi connectivity index (χ2v) is 14.3. The first-order valence-electron chi connectivity index (χ1n) is 16.5. The molecule has 0 saturated heterocycles. The minimum Gasteiger partial charge on any atom is -0.381 e. The molecule has 4 aliphatic rings. The van der Waals surface area contributed by atoms with Crippen molar-refractivity contribution < 1.29 is 19.3 Å². The van der Waals surface area contributed by atoms with Gasteiger partial charge in [0.15, 0.2) is 0 Å². The van der Waals surface area contributed by atoms with E-state index in [2.05, 4.69) is 20.8 Å². The van der Waals surface area contributed by atoms with Crippen LogP contribution in [0.3, 0.4) is 0 Å². The van der Waals surface area contributed by atoms with Crippen molar-refractivity contribution in [2.45, 2.75) is 96.9 Å². The molecule has 0 aromatic rings. The Bertz CT molecular complexity index is 775. The molecule has 0 amide bonds. The average molecular weight is 567 g/mol. The van der Waals surface area contributed by atoms with E-state index < -0.39 is 0 Å². The van der Waals surface area contributed by atoms with E-state index in [0.717, 1.165) is 38.6 Å². The Morgan fingerprint density at radius 3 is 2.30 bits per heavy atom. The van der Waals surface area contributed by atoms with Crippen molar-refractivity contribution >= 4 is 0 Å². The molecular weight excluding hydrogens is 504 g/mol. The first kappa shape index (κ1) is 32.6. The van der Waals surface area contributed by atoms with Crippen LogP contribution in [0.4, 0.5) is 0 Å². The lowest BCUT2D eigenvalue weighted by molar-refractivity contribution is -0.226. The largest absolute Gasteiger partial charge is 0.381 e. The molecule has 0 bridgehead atoms. The zero-order valence-corrected chi connectivity index (χ0v) is 26.1. The van der Waals surface area contributed by atoms with E-state index in [1.165, 1.54) is 25.7 Å². The lowest BCUT2D eigenvalue weighted by Crippen LogP contribution is -2.63. The molecule has 8 nitrogen and oxygen atoms in total. The first-order chi connectivity index (χ1) is 19.2. The number of rotatable bonds is 15. The molecule has 4 rings (SSSR count). The van der Waals surface area contributed by atoms with Crippen LogP contribution in [0.1, 0.15) is 78.6 Å². The Morgan fingerprint density at radius 2 is 1.60 bits per heavy atom. The van der Waals surface area contributed by atoms with Gasteiger partial charge in [-0.05, 0) is 112 Å². The van der Waals surface area contributed by atoms with Gasteiger partial charge in [-0.25, -0.2) is 0 Å². The predicted molar refractivity (Wildman–Crippen MR) is 160 cm³/mol. The zero-order valence-electron chi connectivity index (χ0n) is 26.1. The summed E-state index contributed by atoms with van der Waals surface area (Å²) < 4.78 is 19.7. The van der Waals surface area contributed by atoms with Crippen molar-refractivity contribution in [1.82, 2.24) is 4.90 Å². The summed E-state index contributed by atoms with van der Waals surface area (Å²) in [5.74, 6) is 3.56. The van der Waals surface area contributed by atoms with E-state index in [4.69, 9.17) is 31.4 Å². The maximum atomic E-state index is 9.44. The maximum absolute atomic E-state index is 9.44. The second kappa shape index (κ2) is 14.4. The second-order valence-electron chi connectivity index (χ2n) is 14.3. The van der Waals surface area contributed by atoms with Gasteiger partial charge in [-0.15, -0.1) is 0 Å². The van der Waals surface area contributed by atoms with Crippen LogP contribution in [0.15, 0.2) is 0 Å². The SMILES string of the molecule is C[C@H](CCCN(C)CO)C1CC[C@H]2C3[C@H](OCCN)CC4C[C@@H](OCCN)CC[C@]4(C)[C@H]3C[C@H](OCCN)[C@]12C. The fourth-order valence-corrected chi connectivity index (χ4v) is 10.3. The molecule has 3 unspecified atom stereocenters. The van der Waals surface area contributed by atoms with E-state index in [-0.39, 0.29) is 29.8 Å². The zero-order chi connectivity index (χ0) is 28.9. The Labute approximate surface area is 244 Å². The minimum atomic E-state index is 0.119. The lowest BCUT2D eigenvalue weighted by Gasteiger charge is -2.64. The summed E-state index contributed by atoms with van der Waals surface area (Å²) in [6, 6.07) is 0. The molecular formula is C32H62N4O4. The van der Waals surface area contributed by atoms with E-state index in [1.807, 2.05) is 11.9 Å². The molecule has 0 aliphatic heterocycles. The predicted octanol–water partition coefficient (Wildman–Crippen LogP) is 3.19. The number of aliphatic hydroxyl groups excluding tert-OH is 1. The molecule has 4 aliphatic carbocycles.